The van der Waals surface area contributed by atoms with Crippen LogP contribution in [0.4, 0.5) is 0 Å². The van der Waals surface area contributed by atoms with E-state index in [-0.39, 0.29) is 6.04 Å². The molecule has 0 amide bonds. The van der Waals surface area contributed by atoms with Crippen molar-refractivity contribution in [2.24, 2.45) is 0 Å². The molecule has 0 aliphatic heterocycles. The molecule has 0 spiro atoms. The lowest BCUT2D eigenvalue weighted by Crippen LogP contribution is -2.23. The van der Waals surface area contributed by atoms with E-state index in [1.807, 2.05) is 13.2 Å². The standard InChI is InChI=1S/C16H23N3/c1-5-10-19-11-9-18-16(19)15(17-4)14-8-6-7-12(2)13(14)3/h6-9,11,15,17H,5,10H2,1-4H3. The van der Waals surface area contributed by atoms with Crippen LogP contribution in [0.5, 0.6) is 0 Å². The molecule has 1 unspecified atom stereocenters. The van der Waals surface area contributed by atoms with E-state index in [4.69, 9.17) is 0 Å². The van der Waals surface area contributed by atoms with Gasteiger partial charge in [-0.15, -0.1) is 0 Å². The Morgan fingerprint density at radius 3 is 2.79 bits per heavy atom. The molecule has 1 heterocycles. The fourth-order valence-electron chi connectivity index (χ4n) is 2.52. The van der Waals surface area contributed by atoms with Gasteiger partial charge in [0.2, 0.25) is 0 Å². The van der Waals surface area contributed by atoms with Gasteiger partial charge in [0.1, 0.15) is 5.82 Å². The summed E-state index contributed by atoms with van der Waals surface area (Å²) in [5.74, 6) is 1.10. The van der Waals surface area contributed by atoms with Crippen LogP contribution < -0.4 is 5.32 Å². The molecule has 0 aliphatic carbocycles. The topological polar surface area (TPSA) is 29.9 Å². The first-order valence-corrected chi connectivity index (χ1v) is 6.93. The highest BCUT2D eigenvalue weighted by Crippen LogP contribution is 2.25. The molecule has 0 fully saturated rings. The van der Waals surface area contributed by atoms with Crippen LogP contribution in [0.1, 0.15) is 41.9 Å². The number of rotatable bonds is 5. The van der Waals surface area contributed by atoms with Gasteiger partial charge in [0.25, 0.3) is 0 Å². The zero-order valence-electron chi connectivity index (χ0n) is 12.3. The molecule has 102 valence electrons. The van der Waals surface area contributed by atoms with Crippen LogP contribution in [0.15, 0.2) is 30.6 Å². The number of hydrogen-bond acceptors (Lipinski definition) is 2. The normalized spacial score (nSPS) is 12.6. The molecule has 2 aromatic rings. The number of nitrogens with zero attached hydrogens (tertiary/aromatic N) is 2. The number of aromatic nitrogens is 2. The third kappa shape index (κ3) is 2.71. The molecule has 0 saturated heterocycles. The van der Waals surface area contributed by atoms with Gasteiger partial charge in [0, 0.05) is 18.9 Å². The Morgan fingerprint density at radius 2 is 2.11 bits per heavy atom. The summed E-state index contributed by atoms with van der Waals surface area (Å²) in [5, 5.41) is 3.40. The van der Waals surface area contributed by atoms with Gasteiger partial charge in [-0.3, -0.25) is 0 Å². The summed E-state index contributed by atoms with van der Waals surface area (Å²) >= 11 is 0. The van der Waals surface area contributed by atoms with Crippen molar-refractivity contribution < 1.29 is 0 Å². The molecule has 0 aliphatic rings. The number of imidazole rings is 1. The van der Waals surface area contributed by atoms with Gasteiger partial charge in [0.05, 0.1) is 6.04 Å². The van der Waals surface area contributed by atoms with E-state index in [0.29, 0.717) is 0 Å². The Hall–Kier alpha value is -1.61. The molecule has 0 bridgehead atoms. The van der Waals surface area contributed by atoms with Gasteiger partial charge >= 0.3 is 0 Å². The van der Waals surface area contributed by atoms with Crippen LogP contribution in [0.25, 0.3) is 0 Å². The molecule has 0 saturated carbocycles. The van der Waals surface area contributed by atoms with Gasteiger partial charge < -0.3 is 9.88 Å². The Morgan fingerprint density at radius 1 is 1.32 bits per heavy atom. The summed E-state index contributed by atoms with van der Waals surface area (Å²) in [6.45, 7) is 7.54. The Kier molecular flexibility index (Phi) is 4.38. The highest BCUT2D eigenvalue weighted by Gasteiger charge is 2.19. The van der Waals surface area contributed by atoms with E-state index in [1.165, 1.54) is 16.7 Å². The first-order valence-electron chi connectivity index (χ1n) is 6.93. The van der Waals surface area contributed by atoms with Crippen molar-refractivity contribution in [2.75, 3.05) is 7.05 Å². The highest BCUT2D eigenvalue weighted by molar-refractivity contribution is 5.38. The lowest BCUT2D eigenvalue weighted by atomic mass is 9.97. The first-order chi connectivity index (χ1) is 9.19. The zero-order valence-corrected chi connectivity index (χ0v) is 12.3. The smallest absolute Gasteiger partial charge is 0.130 e. The molecule has 1 aromatic carbocycles. The maximum absolute atomic E-state index is 4.55. The molecule has 3 nitrogen and oxygen atoms in total. The quantitative estimate of drug-likeness (QED) is 0.891. The van der Waals surface area contributed by atoms with Crippen LogP contribution in [0.2, 0.25) is 0 Å². The second-order valence-electron chi connectivity index (χ2n) is 4.99. The van der Waals surface area contributed by atoms with Gasteiger partial charge in [-0.25, -0.2) is 4.98 Å². The van der Waals surface area contributed by atoms with E-state index in [1.54, 1.807) is 0 Å². The van der Waals surface area contributed by atoms with Crippen LogP contribution >= 0.6 is 0 Å². The van der Waals surface area contributed by atoms with Crippen LogP contribution in [-0.2, 0) is 6.54 Å². The maximum atomic E-state index is 4.55. The third-order valence-corrected chi connectivity index (χ3v) is 3.72. The summed E-state index contributed by atoms with van der Waals surface area (Å²) in [7, 11) is 2.00. The minimum atomic E-state index is 0.154. The average molecular weight is 257 g/mol. The molecular formula is C16H23N3. The van der Waals surface area contributed by atoms with Crippen molar-refractivity contribution in [1.29, 1.82) is 0 Å². The SMILES string of the molecule is CCCn1ccnc1C(NC)c1cccc(C)c1C. The summed E-state index contributed by atoms with van der Waals surface area (Å²) in [6.07, 6.45) is 5.07. The number of nitrogens with one attached hydrogen (secondary N) is 1. The van der Waals surface area contributed by atoms with Crippen LogP contribution in [0.3, 0.4) is 0 Å². The van der Waals surface area contributed by atoms with Gasteiger partial charge in [-0.1, -0.05) is 25.1 Å². The second-order valence-corrected chi connectivity index (χ2v) is 4.99. The average Bonchev–Trinajstić information content (AvgIpc) is 2.84. The van der Waals surface area contributed by atoms with Gasteiger partial charge in [-0.2, -0.15) is 0 Å². The van der Waals surface area contributed by atoms with E-state index in [0.717, 1.165) is 18.8 Å². The van der Waals surface area contributed by atoms with Gasteiger partial charge in [0.15, 0.2) is 0 Å². The predicted octanol–water partition coefficient (Wildman–Crippen LogP) is 3.22. The summed E-state index contributed by atoms with van der Waals surface area (Å²) in [5.41, 5.74) is 3.98. The minimum Gasteiger partial charge on any atom is -0.333 e. The molecule has 1 N–H and O–H groups in total. The van der Waals surface area contributed by atoms with Crippen LogP contribution in [-0.4, -0.2) is 16.6 Å². The van der Waals surface area contributed by atoms with Crippen molar-refractivity contribution in [2.45, 2.75) is 39.8 Å². The Labute approximate surface area is 115 Å². The fraction of sp³-hybridized carbons (Fsp3) is 0.438. The summed E-state index contributed by atoms with van der Waals surface area (Å²) < 4.78 is 2.24. The molecular weight excluding hydrogens is 234 g/mol. The highest BCUT2D eigenvalue weighted by atomic mass is 15.1. The monoisotopic (exact) mass is 257 g/mol. The van der Waals surface area contributed by atoms with E-state index in [9.17, 15) is 0 Å². The lowest BCUT2D eigenvalue weighted by Gasteiger charge is -2.20. The maximum Gasteiger partial charge on any atom is 0.130 e. The number of benzene rings is 1. The van der Waals surface area contributed by atoms with E-state index < -0.39 is 0 Å². The van der Waals surface area contributed by atoms with Crippen LogP contribution in [0, 0.1) is 13.8 Å². The first kappa shape index (κ1) is 13.8. The molecule has 2 rings (SSSR count). The van der Waals surface area contributed by atoms with Crippen molar-refractivity contribution in [3.8, 4) is 0 Å². The largest absolute Gasteiger partial charge is 0.333 e. The molecule has 0 radical (unpaired) electrons. The lowest BCUT2D eigenvalue weighted by molar-refractivity contribution is 0.566. The molecule has 1 atom stereocenters. The third-order valence-electron chi connectivity index (χ3n) is 3.72. The minimum absolute atomic E-state index is 0.154. The van der Waals surface area contributed by atoms with Gasteiger partial charge in [-0.05, 0) is 44.0 Å². The van der Waals surface area contributed by atoms with Crippen molar-refractivity contribution >= 4 is 0 Å². The molecule has 19 heavy (non-hydrogen) atoms. The van der Waals surface area contributed by atoms with Crippen molar-refractivity contribution in [1.82, 2.24) is 14.9 Å². The molecule has 3 heteroatoms. The van der Waals surface area contributed by atoms with Crippen molar-refractivity contribution in [3.05, 3.63) is 53.1 Å². The number of hydrogen-bond donors (Lipinski definition) is 1. The predicted molar refractivity (Wildman–Crippen MR) is 79.3 cm³/mol. The Bertz CT molecular complexity index is 543. The zero-order chi connectivity index (χ0) is 13.8. The molecule has 1 aromatic heterocycles. The summed E-state index contributed by atoms with van der Waals surface area (Å²) in [4.78, 5) is 4.55. The van der Waals surface area contributed by atoms with E-state index >= 15 is 0 Å². The second kappa shape index (κ2) is 6.02. The Balaban J connectivity index is 2.44. The number of aryl methyl sites for hydroxylation is 2. The fourth-order valence-corrected chi connectivity index (χ4v) is 2.52. The summed E-state index contributed by atoms with van der Waals surface area (Å²) in [6, 6.07) is 6.62. The van der Waals surface area contributed by atoms with Crippen molar-refractivity contribution in [3.63, 3.8) is 0 Å². The van der Waals surface area contributed by atoms with E-state index in [2.05, 4.69) is 60.0 Å².